The van der Waals surface area contributed by atoms with Crippen molar-refractivity contribution >= 4 is 5.78 Å². The molecule has 0 N–H and O–H groups in total. The predicted molar refractivity (Wildman–Crippen MR) is 86.2 cm³/mol. The smallest absolute Gasteiger partial charge is 0.229 e. The molecule has 0 aromatic heterocycles. The minimum atomic E-state index is -0.169. The molecule has 2 aromatic rings. The van der Waals surface area contributed by atoms with Gasteiger partial charge in [0.25, 0.3) is 0 Å². The van der Waals surface area contributed by atoms with Gasteiger partial charge in [-0.05, 0) is 12.1 Å². The van der Waals surface area contributed by atoms with Crippen molar-refractivity contribution in [2.75, 3.05) is 21.2 Å². The molecule has 114 valence electrons. The van der Waals surface area contributed by atoms with E-state index < -0.39 is 0 Å². The summed E-state index contributed by atoms with van der Waals surface area (Å²) in [6.45, 7) is 0. The van der Waals surface area contributed by atoms with Crippen LogP contribution in [0.25, 0.3) is 0 Å². The molecule has 2 aromatic carbocycles. The molecule has 0 aliphatic carbocycles. The Morgan fingerprint density at radius 2 is 1.68 bits per heavy atom. The molecular weight excluding hydrogens is 278 g/mol. The summed E-state index contributed by atoms with van der Waals surface area (Å²) >= 11 is 0. The van der Waals surface area contributed by atoms with E-state index in [4.69, 9.17) is 9.47 Å². The molecule has 0 amide bonds. The maximum absolute atomic E-state index is 12.6. The summed E-state index contributed by atoms with van der Waals surface area (Å²) < 4.78 is 10.9. The molecule has 2 rings (SSSR count). The third-order valence-corrected chi connectivity index (χ3v) is 2.90. The van der Waals surface area contributed by atoms with Crippen molar-refractivity contribution < 1.29 is 14.3 Å². The van der Waals surface area contributed by atoms with Crippen molar-refractivity contribution in [3.8, 4) is 11.5 Å². The standard InChI is InChI=1S/C18H19NO3/c1-19(2)13-17(18(20)14-8-5-4-6-9-14)22-16-11-7-10-15(12-16)21-3/h4-13H,1-3H3/b17-13-. The lowest BCUT2D eigenvalue weighted by Crippen LogP contribution is -2.14. The number of benzene rings is 2. The Hall–Kier alpha value is -2.75. The fourth-order valence-electron chi connectivity index (χ4n) is 1.89. The van der Waals surface area contributed by atoms with E-state index in [1.165, 1.54) is 0 Å². The van der Waals surface area contributed by atoms with Crippen LogP contribution in [0.4, 0.5) is 0 Å². The minimum Gasteiger partial charge on any atom is -0.497 e. The first-order valence-electron chi connectivity index (χ1n) is 6.90. The number of methoxy groups -OCH3 is 1. The fraction of sp³-hybridized carbons (Fsp3) is 0.167. The lowest BCUT2D eigenvalue weighted by Gasteiger charge is -2.13. The van der Waals surface area contributed by atoms with Gasteiger partial charge in [0, 0.05) is 31.9 Å². The topological polar surface area (TPSA) is 38.8 Å². The van der Waals surface area contributed by atoms with Crippen LogP contribution in [-0.4, -0.2) is 31.9 Å². The Labute approximate surface area is 130 Å². The highest BCUT2D eigenvalue weighted by atomic mass is 16.5. The lowest BCUT2D eigenvalue weighted by molar-refractivity contribution is 0.0982. The first kappa shape index (κ1) is 15.6. The summed E-state index contributed by atoms with van der Waals surface area (Å²) in [6, 6.07) is 16.2. The Kier molecular flexibility index (Phi) is 5.20. The van der Waals surface area contributed by atoms with Gasteiger partial charge in [0.1, 0.15) is 11.5 Å². The van der Waals surface area contributed by atoms with Gasteiger partial charge < -0.3 is 14.4 Å². The van der Waals surface area contributed by atoms with Crippen molar-refractivity contribution in [2.24, 2.45) is 0 Å². The quantitative estimate of drug-likeness (QED) is 0.465. The number of allylic oxidation sites excluding steroid dienone is 1. The number of Topliss-reactive ketones (excluding diaryl/α,β-unsaturated/α-hetero) is 1. The van der Waals surface area contributed by atoms with Gasteiger partial charge in [-0.3, -0.25) is 4.79 Å². The Morgan fingerprint density at radius 1 is 1.00 bits per heavy atom. The third-order valence-electron chi connectivity index (χ3n) is 2.90. The van der Waals surface area contributed by atoms with Crippen molar-refractivity contribution in [1.82, 2.24) is 4.90 Å². The van der Waals surface area contributed by atoms with Crippen molar-refractivity contribution in [2.45, 2.75) is 0 Å². The van der Waals surface area contributed by atoms with Crippen molar-refractivity contribution in [3.05, 3.63) is 72.1 Å². The number of carbonyl (C=O) groups excluding carboxylic acids is 1. The molecule has 0 atom stereocenters. The van der Waals surface area contributed by atoms with E-state index in [9.17, 15) is 4.79 Å². The highest BCUT2D eigenvalue weighted by Gasteiger charge is 2.15. The number of rotatable bonds is 6. The molecule has 0 radical (unpaired) electrons. The van der Waals surface area contributed by atoms with Gasteiger partial charge in [0.15, 0.2) is 5.76 Å². The van der Waals surface area contributed by atoms with Crippen LogP contribution in [0.1, 0.15) is 10.4 Å². The van der Waals surface area contributed by atoms with Gasteiger partial charge in [0.05, 0.1) is 7.11 Å². The molecular formula is C18H19NO3. The second-order valence-electron chi connectivity index (χ2n) is 4.93. The molecule has 0 saturated heterocycles. The monoisotopic (exact) mass is 297 g/mol. The SMILES string of the molecule is COc1cccc(O/C(=C\N(C)C)C(=O)c2ccccc2)c1. The number of hydrogen-bond acceptors (Lipinski definition) is 4. The first-order valence-corrected chi connectivity index (χ1v) is 6.90. The molecule has 22 heavy (non-hydrogen) atoms. The van der Waals surface area contributed by atoms with E-state index in [2.05, 4.69) is 0 Å². The third kappa shape index (κ3) is 4.12. The number of ketones is 1. The van der Waals surface area contributed by atoms with Gasteiger partial charge in [-0.1, -0.05) is 36.4 Å². The highest BCUT2D eigenvalue weighted by molar-refractivity contribution is 6.07. The molecule has 0 aliphatic rings. The fourth-order valence-corrected chi connectivity index (χ4v) is 1.89. The predicted octanol–water partition coefficient (Wildman–Crippen LogP) is 3.36. The van der Waals surface area contributed by atoms with Crippen LogP contribution in [0.15, 0.2) is 66.6 Å². The summed E-state index contributed by atoms with van der Waals surface area (Å²) in [5.74, 6) is 1.31. The largest absolute Gasteiger partial charge is 0.497 e. The van der Waals surface area contributed by atoms with Gasteiger partial charge in [-0.15, -0.1) is 0 Å². The summed E-state index contributed by atoms with van der Waals surface area (Å²) in [5.41, 5.74) is 0.582. The van der Waals surface area contributed by atoms with E-state index in [-0.39, 0.29) is 11.5 Å². The molecule has 0 aliphatic heterocycles. The zero-order valence-corrected chi connectivity index (χ0v) is 12.9. The summed E-state index contributed by atoms with van der Waals surface area (Å²) in [5, 5.41) is 0. The van der Waals surface area contributed by atoms with Crippen LogP contribution in [0, 0.1) is 0 Å². The maximum Gasteiger partial charge on any atom is 0.229 e. The van der Waals surface area contributed by atoms with Crippen LogP contribution >= 0.6 is 0 Å². The van der Waals surface area contributed by atoms with Crippen LogP contribution in [-0.2, 0) is 0 Å². The van der Waals surface area contributed by atoms with Crippen molar-refractivity contribution in [1.29, 1.82) is 0 Å². The molecule has 0 fully saturated rings. The van der Waals surface area contributed by atoms with Crippen LogP contribution in [0.5, 0.6) is 11.5 Å². The average Bonchev–Trinajstić information content (AvgIpc) is 2.54. The second-order valence-corrected chi connectivity index (χ2v) is 4.93. The van der Waals surface area contributed by atoms with Crippen LogP contribution in [0.2, 0.25) is 0 Å². The van der Waals surface area contributed by atoms with E-state index in [1.54, 1.807) is 42.5 Å². The molecule has 4 nitrogen and oxygen atoms in total. The maximum atomic E-state index is 12.6. The minimum absolute atomic E-state index is 0.169. The van der Waals surface area contributed by atoms with Crippen LogP contribution < -0.4 is 9.47 Å². The Morgan fingerprint density at radius 3 is 2.32 bits per heavy atom. The number of nitrogens with zero attached hydrogens (tertiary/aromatic N) is 1. The molecule has 0 unspecified atom stereocenters. The van der Waals surface area contributed by atoms with Gasteiger partial charge in [-0.25, -0.2) is 0 Å². The first-order chi connectivity index (χ1) is 10.6. The summed E-state index contributed by atoms with van der Waals surface area (Å²) in [7, 11) is 5.27. The van der Waals surface area contributed by atoms with Gasteiger partial charge in [0.2, 0.25) is 5.78 Å². The highest BCUT2D eigenvalue weighted by Crippen LogP contribution is 2.22. The number of hydrogen-bond donors (Lipinski definition) is 0. The van der Waals surface area contributed by atoms with Crippen LogP contribution in [0.3, 0.4) is 0 Å². The van der Waals surface area contributed by atoms with Crippen molar-refractivity contribution in [3.63, 3.8) is 0 Å². The van der Waals surface area contributed by atoms with Gasteiger partial charge in [-0.2, -0.15) is 0 Å². The molecule has 0 heterocycles. The summed E-state index contributed by atoms with van der Waals surface area (Å²) in [6.07, 6.45) is 1.66. The second kappa shape index (κ2) is 7.31. The Bertz CT molecular complexity index is 663. The van der Waals surface area contributed by atoms with E-state index in [0.29, 0.717) is 17.1 Å². The Balaban J connectivity index is 2.29. The van der Waals surface area contributed by atoms with E-state index >= 15 is 0 Å². The van der Waals surface area contributed by atoms with E-state index in [1.807, 2.05) is 44.4 Å². The number of ether oxygens (including phenoxy) is 2. The number of carbonyl (C=O) groups is 1. The summed E-state index contributed by atoms with van der Waals surface area (Å²) in [4.78, 5) is 14.4. The molecule has 0 bridgehead atoms. The average molecular weight is 297 g/mol. The van der Waals surface area contributed by atoms with Gasteiger partial charge >= 0.3 is 0 Å². The zero-order valence-electron chi connectivity index (χ0n) is 12.9. The molecule has 0 saturated carbocycles. The molecule has 4 heteroatoms. The van der Waals surface area contributed by atoms with E-state index in [0.717, 1.165) is 0 Å². The normalized spacial score (nSPS) is 11.0. The zero-order chi connectivity index (χ0) is 15.9. The molecule has 0 spiro atoms. The lowest BCUT2D eigenvalue weighted by atomic mass is 10.1.